The number of hydrogen-bond acceptors (Lipinski definition) is 8. The highest BCUT2D eigenvalue weighted by Gasteiger charge is 2.23. The van der Waals surface area contributed by atoms with Gasteiger partial charge in [0.15, 0.2) is 6.61 Å². The second-order valence-corrected chi connectivity index (χ2v) is 6.95. The number of carboxylic acid groups (broad SMARTS) is 2. The van der Waals surface area contributed by atoms with Crippen LogP contribution in [0.5, 0.6) is 5.88 Å². The number of carbonyl (C=O) groups is 3. The summed E-state index contributed by atoms with van der Waals surface area (Å²) < 4.78 is 5.53. The average molecular weight is 449 g/mol. The van der Waals surface area contributed by atoms with Crippen molar-refractivity contribution in [3.8, 4) is 17.1 Å². The molecule has 0 radical (unpaired) electrons. The van der Waals surface area contributed by atoms with Gasteiger partial charge in [-0.25, -0.2) is 9.78 Å². The van der Waals surface area contributed by atoms with Crippen LogP contribution in [0, 0.1) is 0 Å². The SMILES string of the molecule is NC(CS)CNc1ccc(-c2ccccc2)nc1OCC(=O)N[C@@H](CC(=O)O)C(=O)O. The molecule has 1 heterocycles. The fraction of sp³-hybridized carbons (Fsp3) is 0.300. The van der Waals surface area contributed by atoms with Crippen LogP contribution in [-0.4, -0.2) is 64.0 Å². The van der Waals surface area contributed by atoms with Gasteiger partial charge in [0.05, 0.1) is 17.8 Å². The zero-order chi connectivity index (χ0) is 22.8. The monoisotopic (exact) mass is 448 g/mol. The first-order chi connectivity index (χ1) is 14.8. The third kappa shape index (κ3) is 7.79. The number of carboxylic acids is 2. The van der Waals surface area contributed by atoms with Gasteiger partial charge in [-0.05, 0) is 12.1 Å². The fourth-order valence-electron chi connectivity index (χ4n) is 2.50. The molecule has 0 aliphatic heterocycles. The summed E-state index contributed by atoms with van der Waals surface area (Å²) in [4.78, 5) is 38.4. The van der Waals surface area contributed by atoms with Crippen LogP contribution in [0.1, 0.15) is 6.42 Å². The Bertz CT molecular complexity index is 912. The first-order valence-corrected chi connectivity index (χ1v) is 9.97. The molecule has 1 aromatic heterocycles. The molecule has 6 N–H and O–H groups in total. The Kier molecular flexibility index (Phi) is 9.10. The van der Waals surface area contributed by atoms with E-state index in [1.54, 1.807) is 12.1 Å². The van der Waals surface area contributed by atoms with Crippen LogP contribution in [-0.2, 0) is 14.4 Å². The molecule has 1 aromatic carbocycles. The van der Waals surface area contributed by atoms with E-state index in [-0.39, 0.29) is 11.9 Å². The molecule has 0 saturated carbocycles. The predicted molar refractivity (Wildman–Crippen MR) is 117 cm³/mol. The number of nitrogens with zero attached hydrogens (tertiary/aromatic N) is 1. The fourth-order valence-corrected chi connectivity index (χ4v) is 2.63. The van der Waals surface area contributed by atoms with Crippen molar-refractivity contribution < 1.29 is 29.3 Å². The predicted octanol–water partition coefficient (Wildman–Crippen LogP) is 0.841. The molecule has 2 rings (SSSR count). The minimum absolute atomic E-state index is 0.118. The number of thiol groups is 1. The van der Waals surface area contributed by atoms with Crippen molar-refractivity contribution in [3.05, 3.63) is 42.5 Å². The van der Waals surface area contributed by atoms with Crippen molar-refractivity contribution in [2.24, 2.45) is 5.73 Å². The molecule has 1 unspecified atom stereocenters. The molecule has 0 fully saturated rings. The van der Waals surface area contributed by atoms with Gasteiger partial charge in [-0.1, -0.05) is 30.3 Å². The lowest BCUT2D eigenvalue weighted by molar-refractivity contribution is -0.147. The molecule has 0 spiro atoms. The number of rotatable bonds is 12. The lowest BCUT2D eigenvalue weighted by atomic mass is 10.1. The second kappa shape index (κ2) is 11.8. The van der Waals surface area contributed by atoms with Crippen LogP contribution in [0.25, 0.3) is 11.3 Å². The van der Waals surface area contributed by atoms with Gasteiger partial charge in [0.2, 0.25) is 5.88 Å². The Hall–Kier alpha value is -3.31. The number of nitrogens with two attached hydrogens (primary N) is 1. The maximum Gasteiger partial charge on any atom is 0.326 e. The molecule has 11 heteroatoms. The Morgan fingerprint density at radius 3 is 2.45 bits per heavy atom. The second-order valence-electron chi connectivity index (χ2n) is 6.58. The van der Waals surface area contributed by atoms with Crippen LogP contribution in [0.15, 0.2) is 42.5 Å². The molecule has 0 aliphatic carbocycles. The van der Waals surface area contributed by atoms with E-state index in [4.69, 9.17) is 20.7 Å². The summed E-state index contributed by atoms with van der Waals surface area (Å²) in [5, 5.41) is 23.0. The summed E-state index contributed by atoms with van der Waals surface area (Å²) in [5.74, 6) is -3.02. The van der Waals surface area contributed by atoms with Gasteiger partial charge >= 0.3 is 11.9 Å². The van der Waals surface area contributed by atoms with Crippen molar-refractivity contribution in [2.75, 3.05) is 24.2 Å². The Morgan fingerprint density at radius 1 is 1.13 bits per heavy atom. The highest BCUT2D eigenvalue weighted by atomic mass is 32.1. The summed E-state index contributed by atoms with van der Waals surface area (Å²) in [6.07, 6.45) is -0.753. The summed E-state index contributed by atoms with van der Waals surface area (Å²) in [7, 11) is 0. The quantitative estimate of drug-likeness (QED) is 0.258. The standard InChI is InChI=1S/C20H24N4O6S/c21-13(11-31)9-22-15-7-6-14(12-4-2-1-3-5-12)24-19(15)30-10-17(25)23-16(20(28)29)8-18(26)27/h1-7,13,16,22,31H,8-11,21H2,(H,23,25)(H,26,27)(H,28,29)/t13?,16-/m0/s1. The molecule has 10 nitrogen and oxygen atoms in total. The molecule has 0 bridgehead atoms. The van der Waals surface area contributed by atoms with Gasteiger partial charge < -0.3 is 31.3 Å². The third-order valence-electron chi connectivity index (χ3n) is 4.07. The van der Waals surface area contributed by atoms with Gasteiger partial charge in [0.1, 0.15) is 6.04 Å². The van der Waals surface area contributed by atoms with E-state index in [2.05, 4.69) is 28.2 Å². The van der Waals surface area contributed by atoms with E-state index in [0.717, 1.165) is 5.56 Å². The maximum absolute atomic E-state index is 12.1. The van der Waals surface area contributed by atoms with E-state index in [9.17, 15) is 14.4 Å². The van der Waals surface area contributed by atoms with Crippen LogP contribution >= 0.6 is 12.6 Å². The van der Waals surface area contributed by atoms with Crippen LogP contribution < -0.4 is 21.1 Å². The van der Waals surface area contributed by atoms with Crippen LogP contribution in [0.3, 0.4) is 0 Å². The van der Waals surface area contributed by atoms with Crippen molar-refractivity contribution in [2.45, 2.75) is 18.5 Å². The van der Waals surface area contributed by atoms with Gasteiger partial charge in [-0.3, -0.25) is 9.59 Å². The third-order valence-corrected chi connectivity index (χ3v) is 4.54. The molecule has 166 valence electrons. The minimum atomic E-state index is -1.57. The number of aromatic nitrogens is 1. The van der Waals surface area contributed by atoms with Crippen molar-refractivity contribution in [3.63, 3.8) is 0 Å². The normalized spacial score (nSPS) is 12.5. The first kappa shape index (κ1) is 24.0. The highest BCUT2D eigenvalue weighted by molar-refractivity contribution is 7.80. The lowest BCUT2D eigenvalue weighted by Gasteiger charge is -2.17. The van der Waals surface area contributed by atoms with Crippen molar-refractivity contribution >= 4 is 36.2 Å². The Balaban J connectivity index is 2.15. The number of anilines is 1. The van der Waals surface area contributed by atoms with Gasteiger partial charge in [-0.2, -0.15) is 12.6 Å². The van der Waals surface area contributed by atoms with E-state index in [0.29, 0.717) is 23.7 Å². The lowest BCUT2D eigenvalue weighted by Crippen LogP contribution is -2.44. The molecular weight excluding hydrogens is 424 g/mol. The number of pyridine rings is 1. The zero-order valence-electron chi connectivity index (χ0n) is 16.5. The van der Waals surface area contributed by atoms with Crippen LogP contribution in [0.4, 0.5) is 5.69 Å². The molecular formula is C20H24N4O6S. The molecule has 2 aromatic rings. The van der Waals surface area contributed by atoms with E-state index >= 15 is 0 Å². The summed E-state index contributed by atoms with van der Waals surface area (Å²) in [5.41, 5.74) is 7.80. The number of amides is 1. The van der Waals surface area contributed by atoms with Crippen molar-refractivity contribution in [1.82, 2.24) is 10.3 Å². The molecule has 31 heavy (non-hydrogen) atoms. The summed E-state index contributed by atoms with van der Waals surface area (Å²) in [6.45, 7) is -0.167. The largest absolute Gasteiger partial charge is 0.481 e. The Morgan fingerprint density at radius 2 is 1.84 bits per heavy atom. The zero-order valence-corrected chi connectivity index (χ0v) is 17.4. The van der Waals surface area contributed by atoms with Crippen LogP contribution in [0.2, 0.25) is 0 Å². The number of benzene rings is 1. The van der Waals surface area contributed by atoms with Gasteiger partial charge in [0, 0.05) is 23.9 Å². The van der Waals surface area contributed by atoms with E-state index in [1.807, 2.05) is 30.3 Å². The Labute approximate surface area is 184 Å². The highest BCUT2D eigenvalue weighted by Crippen LogP contribution is 2.27. The number of nitrogens with one attached hydrogen (secondary N) is 2. The summed E-state index contributed by atoms with van der Waals surface area (Å²) in [6, 6.07) is 11.1. The maximum atomic E-state index is 12.1. The number of aliphatic carboxylic acids is 2. The smallest absolute Gasteiger partial charge is 0.326 e. The van der Waals surface area contributed by atoms with Gasteiger partial charge in [-0.15, -0.1) is 0 Å². The molecule has 0 saturated heterocycles. The van der Waals surface area contributed by atoms with Crippen molar-refractivity contribution in [1.29, 1.82) is 0 Å². The number of carbonyl (C=O) groups excluding carboxylic acids is 1. The van der Waals surface area contributed by atoms with E-state index in [1.165, 1.54) is 0 Å². The molecule has 1 amide bonds. The average Bonchev–Trinajstić information content (AvgIpc) is 2.76. The number of ether oxygens (including phenoxy) is 1. The summed E-state index contributed by atoms with van der Waals surface area (Å²) >= 11 is 4.14. The number of hydrogen-bond donors (Lipinski definition) is 6. The molecule has 2 atom stereocenters. The first-order valence-electron chi connectivity index (χ1n) is 9.33. The molecule has 0 aliphatic rings. The van der Waals surface area contributed by atoms with E-state index < -0.39 is 36.9 Å². The topological polar surface area (TPSA) is 164 Å². The van der Waals surface area contributed by atoms with Gasteiger partial charge in [0.25, 0.3) is 5.91 Å². The minimum Gasteiger partial charge on any atom is -0.481 e.